The van der Waals surface area contributed by atoms with Gasteiger partial charge in [-0.05, 0) is 19.3 Å². The maximum Gasteiger partial charge on any atom is 0.225 e. The minimum absolute atomic E-state index is 0.403. The smallest absolute Gasteiger partial charge is 0.225 e. The molecular formula is C7H11FN2O2S. The van der Waals surface area contributed by atoms with E-state index in [4.69, 9.17) is 5.26 Å². The zero-order valence-electron chi connectivity index (χ0n) is 7.03. The van der Waals surface area contributed by atoms with Crippen LogP contribution in [0.1, 0.15) is 19.3 Å². The van der Waals surface area contributed by atoms with Crippen LogP contribution in [0.2, 0.25) is 0 Å². The van der Waals surface area contributed by atoms with E-state index < -0.39 is 28.0 Å². The van der Waals surface area contributed by atoms with Gasteiger partial charge < -0.3 is 0 Å². The Morgan fingerprint density at radius 1 is 1.54 bits per heavy atom. The lowest BCUT2D eigenvalue weighted by atomic mass is 10.2. The lowest BCUT2D eigenvalue weighted by Gasteiger charge is -2.13. The van der Waals surface area contributed by atoms with Crippen molar-refractivity contribution < 1.29 is 12.8 Å². The molecule has 74 valence electrons. The van der Waals surface area contributed by atoms with E-state index in [-0.39, 0.29) is 0 Å². The lowest BCUT2D eigenvalue weighted by molar-refractivity contribution is 0.300. The number of sulfonamides is 1. The van der Waals surface area contributed by atoms with Gasteiger partial charge in [0.25, 0.3) is 0 Å². The van der Waals surface area contributed by atoms with Gasteiger partial charge in [0.15, 0.2) is 5.75 Å². The summed E-state index contributed by atoms with van der Waals surface area (Å²) in [7, 11) is -3.60. The second kappa shape index (κ2) is 4.03. The molecule has 0 saturated heterocycles. The molecule has 0 unspecified atom stereocenters. The fraction of sp³-hybridized carbons (Fsp3) is 0.857. The molecule has 1 rings (SSSR count). The van der Waals surface area contributed by atoms with Gasteiger partial charge in [-0.3, -0.25) is 0 Å². The maximum atomic E-state index is 12.9. The first-order valence-electron chi connectivity index (χ1n) is 4.06. The quantitative estimate of drug-likeness (QED) is 0.723. The molecular weight excluding hydrogens is 195 g/mol. The van der Waals surface area contributed by atoms with E-state index >= 15 is 0 Å². The number of rotatable bonds is 3. The summed E-state index contributed by atoms with van der Waals surface area (Å²) in [4.78, 5) is 0. The molecule has 2 atom stereocenters. The summed E-state index contributed by atoms with van der Waals surface area (Å²) in [6.07, 6.45) is 0.514. The molecule has 0 heterocycles. The van der Waals surface area contributed by atoms with Gasteiger partial charge in [0.2, 0.25) is 10.0 Å². The number of nitrogens with one attached hydrogen (secondary N) is 1. The highest BCUT2D eigenvalue weighted by atomic mass is 32.2. The van der Waals surface area contributed by atoms with Crippen LogP contribution in [0.4, 0.5) is 4.39 Å². The van der Waals surface area contributed by atoms with E-state index in [0.717, 1.165) is 0 Å². The SMILES string of the molecule is N#CCS(=O)(=O)N[C@H]1CCC[C@H]1F. The van der Waals surface area contributed by atoms with Crippen LogP contribution in [-0.4, -0.2) is 26.4 Å². The van der Waals surface area contributed by atoms with Gasteiger partial charge in [0.1, 0.15) is 6.17 Å². The molecule has 0 bridgehead atoms. The summed E-state index contributed by atoms with van der Waals surface area (Å²) in [5.74, 6) is -0.601. The molecule has 6 heteroatoms. The first-order valence-corrected chi connectivity index (χ1v) is 5.71. The van der Waals surface area contributed by atoms with E-state index in [1.807, 2.05) is 0 Å². The van der Waals surface area contributed by atoms with Crippen molar-refractivity contribution in [2.75, 3.05) is 5.75 Å². The molecule has 0 radical (unpaired) electrons. The Bertz CT molecular complexity index is 309. The van der Waals surface area contributed by atoms with Crippen LogP contribution in [0.3, 0.4) is 0 Å². The molecule has 1 fully saturated rings. The topological polar surface area (TPSA) is 70.0 Å². The van der Waals surface area contributed by atoms with Crippen LogP contribution < -0.4 is 4.72 Å². The molecule has 0 aromatic rings. The maximum absolute atomic E-state index is 12.9. The van der Waals surface area contributed by atoms with Gasteiger partial charge in [-0.1, -0.05) is 0 Å². The van der Waals surface area contributed by atoms with Crippen LogP contribution in [0.25, 0.3) is 0 Å². The molecule has 0 amide bonds. The fourth-order valence-electron chi connectivity index (χ4n) is 1.40. The van der Waals surface area contributed by atoms with Gasteiger partial charge in [0, 0.05) is 0 Å². The third kappa shape index (κ3) is 2.94. The lowest BCUT2D eigenvalue weighted by Crippen LogP contribution is -2.39. The highest BCUT2D eigenvalue weighted by Gasteiger charge is 2.30. The van der Waals surface area contributed by atoms with Crippen molar-refractivity contribution in [1.29, 1.82) is 5.26 Å². The molecule has 4 nitrogen and oxygen atoms in total. The number of nitrogens with zero attached hydrogens (tertiary/aromatic N) is 1. The van der Waals surface area contributed by atoms with Crippen LogP contribution >= 0.6 is 0 Å². The Kier molecular flexibility index (Phi) is 3.22. The highest BCUT2D eigenvalue weighted by Crippen LogP contribution is 2.22. The number of halogens is 1. The predicted octanol–water partition coefficient (Wildman–Crippen LogP) is 0.320. The largest absolute Gasteiger partial charge is 0.246 e. The van der Waals surface area contributed by atoms with Crippen molar-refractivity contribution in [3.8, 4) is 6.07 Å². The number of hydrogen-bond acceptors (Lipinski definition) is 3. The van der Waals surface area contributed by atoms with E-state index in [2.05, 4.69) is 4.72 Å². The fourth-order valence-corrected chi connectivity index (χ4v) is 2.38. The Morgan fingerprint density at radius 3 is 2.69 bits per heavy atom. The van der Waals surface area contributed by atoms with Crippen LogP contribution in [-0.2, 0) is 10.0 Å². The minimum atomic E-state index is -3.60. The number of alkyl halides is 1. The van der Waals surface area contributed by atoms with Gasteiger partial charge in [0.05, 0.1) is 12.1 Å². The van der Waals surface area contributed by atoms with Crippen LogP contribution in [0, 0.1) is 11.3 Å². The number of hydrogen-bond donors (Lipinski definition) is 1. The molecule has 13 heavy (non-hydrogen) atoms. The average Bonchev–Trinajstić information content (AvgIpc) is 2.35. The third-order valence-electron chi connectivity index (χ3n) is 2.02. The van der Waals surface area contributed by atoms with Crippen molar-refractivity contribution in [2.24, 2.45) is 0 Å². The van der Waals surface area contributed by atoms with Gasteiger partial charge in [-0.2, -0.15) is 5.26 Å². The van der Waals surface area contributed by atoms with Gasteiger partial charge >= 0.3 is 0 Å². The Hall–Kier alpha value is -0.670. The van der Waals surface area contributed by atoms with Crippen molar-refractivity contribution in [1.82, 2.24) is 4.72 Å². The first-order chi connectivity index (χ1) is 6.05. The van der Waals surface area contributed by atoms with E-state index in [0.29, 0.717) is 19.3 Å². The standard InChI is InChI=1S/C7H11FN2O2S/c8-6-2-1-3-7(6)10-13(11,12)5-4-9/h6-7,10H,1-3,5H2/t6-,7+/m1/s1. The second-order valence-electron chi connectivity index (χ2n) is 3.09. The molecule has 0 aromatic heterocycles. The summed E-state index contributed by atoms with van der Waals surface area (Å²) >= 11 is 0. The Labute approximate surface area is 76.8 Å². The van der Waals surface area contributed by atoms with Crippen molar-refractivity contribution in [3.05, 3.63) is 0 Å². The van der Waals surface area contributed by atoms with E-state index in [1.54, 1.807) is 0 Å². The van der Waals surface area contributed by atoms with Crippen molar-refractivity contribution >= 4 is 10.0 Å². The summed E-state index contributed by atoms with van der Waals surface area (Å²) in [5.41, 5.74) is 0. The second-order valence-corrected chi connectivity index (χ2v) is 4.84. The van der Waals surface area contributed by atoms with Crippen LogP contribution in [0.5, 0.6) is 0 Å². The predicted molar refractivity (Wildman–Crippen MR) is 45.1 cm³/mol. The minimum Gasteiger partial charge on any atom is -0.246 e. The normalized spacial score (nSPS) is 28.6. The van der Waals surface area contributed by atoms with Crippen molar-refractivity contribution in [3.63, 3.8) is 0 Å². The summed E-state index contributed by atoms with van der Waals surface area (Å²) < 4.78 is 37.2. The molecule has 0 aliphatic heterocycles. The van der Waals surface area contributed by atoms with E-state index in [1.165, 1.54) is 6.07 Å². The molecule has 1 aliphatic rings. The van der Waals surface area contributed by atoms with Crippen molar-refractivity contribution in [2.45, 2.75) is 31.5 Å². The zero-order chi connectivity index (χ0) is 9.90. The number of nitriles is 1. The average molecular weight is 206 g/mol. The monoisotopic (exact) mass is 206 g/mol. The molecule has 0 aromatic carbocycles. The summed E-state index contributed by atoms with van der Waals surface area (Å²) in [6.45, 7) is 0. The van der Waals surface area contributed by atoms with E-state index in [9.17, 15) is 12.8 Å². The Morgan fingerprint density at radius 2 is 2.23 bits per heavy atom. The van der Waals surface area contributed by atoms with Crippen LogP contribution in [0.15, 0.2) is 0 Å². The molecule has 1 aliphatic carbocycles. The molecule has 0 spiro atoms. The molecule has 1 N–H and O–H groups in total. The highest BCUT2D eigenvalue weighted by molar-refractivity contribution is 7.89. The third-order valence-corrected chi connectivity index (χ3v) is 3.19. The summed E-state index contributed by atoms with van der Waals surface area (Å²) in [6, 6.07) is 0.897. The van der Waals surface area contributed by atoms with Gasteiger partial charge in [-0.15, -0.1) is 0 Å². The summed E-state index contributed by atoms with van der Waals surface area (Å²) in [5, 5.41) is 8.18. The van der Waals surface area contributed by atoms with Gasteiger partial charge in [-0.25, -0.2) is 17.5 Å². The Balaban J connectivity index is 2.54. The zero-order valence-corrected chi connectivity index (χ0v) is 7.85. The first kappa shape index (κ1) is 10.4. The molecule has 1 saturated carbocycles.